The molecular weight excluding hydrogens is 529 g/mol. The van der Waals surface area contributed by atoms with Crippen molar-refractivity contribution in [1.29, 1.82) is 0 Å². The first kappa shape index (κ1) is 27.5. The van der Waals surface area contributed by atoms with Crippen molar-refractivity contribution in [3.63, 3.8) is 0 Å². The van der Waals surface area contributed by atoms with Gasteiger partial charge in [-0.1, -0.05) is 38.1 Å². The molecule has 1 fully saturated rings. The van der Waals surface area contributed by atoms with Gasteiger partial charge in [-0.15, -0.1) is 34.2 Å². The van der Waals surface area contributed by atoms with Crippen LogP contribution in [-0.2, 0) is 30.7 Å². The van der Waals surface area contributed by atoms with Gasteiger partial charge in [0.25, 0.3) is 0 Å². The quantitative estimate of drug-likeness (QED) is 0.194. The molecule has 0 saturated carbocycles. The summed E-state index contributed by atoms with van der Waals surface area (Å²) in [5.41, 5.74) is 2.66. The zero-order valence-corrected chi connectivity index (χ0v) is 22.7. The number of nitrogens with zero attached hydrogens (tertiary/aromatic N) is 6. The number of guanidine groups is 1. The van der Waals surface area contributed by atoms with Crippen LogP contribution in [0.15, 0.2) is 35.6 Å². The molecule has 33 heavy (non-hydrogen) atoms. The Morgan fingerprint density at radius 3 is 2.52 bits per heavy atom. The van der Waals surface area contributed by atoms with Gasteiger partial charge in [0, 0.05) is 59.3 Å². The maximum Gasteiger partial charge on any atom is 0.194 e. The van der Waals surface area contributed by atoms with E-state index in [9.17, 15) is 0 Å². The Hall–Kier alpha value is -1.72. The highest BCUT2D eigenvalue weighted by Gasteiger charge is 2.11. The van der Waals surface area contributed by atoms with Crippen molar-refractivity contribution in [2.24, 2.45) is 4.99 Å². The van der Waals surface area contributed by atoms with Crippen molar-refractivity contribution in [3.8, 4) is 0 Å². The number of aromatic nitrogens is 3. The summed E-state index contributed by atoms with van der Waals surface area (Å²) in [6.45, 7) is 12.4. The van der Waals surface area contributed by atoms with E-state index in [2.05, 4.69) is 75.0 Å². The molecule has 1 N–H and O–H groups in total. The van der Waals surface area contributed by atoms with Gasteiger partial charge >= 0.3 is 0 Å². The van der Waals surface area contributed by atoms with E-state index in [1.165, 1.54) is 11.1 Å². The molecule has 1 aromatic heterocycles. The third-order valence-corrected chi connectivity index (χ3v) is 5.86. The summed E-state index contributed by atoms with van der Waals surface area (Å²) in [4.78, 5) is 9.61. The Balaban J connectivity index is 0.00000385. The molecule has 3 rings (SSSR count). The van der Waals surface area contributed by atoms with E-state index in [4.69, 9.17) is 9.73 Å². The molecule has 1 saturated heterocycles. The molecule has 0 radical (unpaired) electrons. The van der Waals surface area contributed by atoms with E-state index in [1.807, 2.05) is 0 Å². The Labute approximate surface area is 215 Å². The number of hydrogen-bond acceptors (Lipinski definition) is 5. The van der Waals surface area contributed by atoms with E-state index in [-0.39, 0.29) is 24.0 Å². The zero-order valence-electron chi connectivity index (χ0n) is 20.4. The summed E-state index contributed by atoms with van der Waals surface area (Å²) >= 11 is 0. The van der Waals surface area contributed by atoms with E-state index >= 15 is 0 Å². The van der Waals surface area contributed by atoms with Crippen LogP contribution in [0.3, 0.4) is 0 Å². The molecule has 9 heteroatoms. The highest BCUT2D eigenvalue weighted by Crippen LogP contribution is 2.08. The summed E-state index contributed by atoms with van der Waals surface area (Å²) in [7, 11) is 2.11. The molecule has 0 atom stereocenters. The molecule has 0 unspecified atom stereocenters. The number of nitrogens with one attached hydrogen (secondary N) is 1. The first-order chi connectivity index (χ1) is 15.7. The van der Waals surface area contributed by atoms with Crippen LogP contribution < -0.4 is 5.32 Å². The Kier molecular flexibility index (Phi) is 12.7. The fraction of sp³-hybridized carbons (Fsp3) is 0.625. The lowest BCUT2D eigenvalue weighted by molar-refractivity contribution is 0.0377. The second-order valence-corrected chi connectivity index (χ2v) is 8.26. The minimum absolute atomic E-state index is 0. The molecule has 2 heterocycles. The Morgan fingerprint density at radius 2 is 1.82 bits per heavy atom. The summed E-state index contributed by atoms with van der Waals surface area (Å²) in [5.74, 6) is 1.96. The number of ether oxygens (including phenoxy) is 1. The summed E-state index contributed by atoms with van der Waals surface area (Å²) < 4.78 is 7.55. The van der Waals surface area contributed by atoms with Crippen LogP contribution in [0.1, 0.15) is 37.2 Å². The number of aliphatic imine (C=N–C) groups is 1. The van der Waals surface area contributed by atoms with Crippen molar-refractivity contribution >= 4 is 29.9 Å². The lowest BCUT2D eigenvalue weighted by Gasteiger charge is -2.26. The number of benzene rings is 1. The predicted octanol–water partition coefficient (Wildman–Crippen LogP) is 2.82. The molecule has 1 aliphatic rings. The van der Waals surface area contributed by atoms with Gasteiger partial charge in [-0.3, -0.25) is 9.89 Å². The SMILES string of the molecule is CCc1ccc(CN(C)C(=NCCCN2CCOCC2)NCCn2cnnc2CC)cc1.I. The normalized spacial score (nSPS) is 14.7. The predicted molar refractivity (Wildman–Crippen MR) is 144 cm³/mol. The topological polar surface area (TPSA) is 70.8 Å². The summed E-state index contributed by atoms with van der Waals surface area (Å²) in [6.07, 6.45) is 4.81. The molecule has 1 aliphatic heterocycles. The van der Waals surface area contributed by atoms with Gasteiger partial charge < -0.3 is 19.5 Å². The van der Waals surface area contributed by atoms with Crippen molar-refractivity contribution in [3.05, 3.63) is 47.5 Å². The summed E-state index contributed by atoms with van der Waals surface area (Å²) in [5, 5.41) is 11.8. The van der Waals surface area contributed by atoms with Crippen molar-refractivity contribution in [2.75, 3.05) is 53.0 Å². The molecular formula is C24H40IN7O. The third-order valence-electron chi connectivity index (χ3n) is 5.86. The van der Waals surface area contributed by atoms with Gasteiger partial charge in [0.2, 0.25) is 0 Å². The number of halogens is 1. The highest BCUT2D eigenvalue weighted by atomic mass is 127. The highest BCUT2D eigenvalue weighted by molar-refractivity contribution is 14.0. The monoisotopic (exact) mass is 569 g/mol. The van der Waals surface area contributed by atoms with Crippen LogP contribution >= 0.6 is 24.0 Å². The van der Waals surface area contributed by atoms with Crippen molar-refractivity contribution in [2.45, 2.75) is 46.2 Å². The number of rotatable bonds is 11. The van der Waals surface area contributed by atoms with Gasteiger partial charge in [0.15, 0.2) is 5.96 Å². The van der Waals surface area contributed by atoms with Crippen LogP contribution in [-0.4, -0.2) is 83.5 Å². The molecule has 0 amide bonds. The van der Waals surface area contributed by atoms with Crippen LogP contribution in [0.5, 0.6) is 0 Å². The van der Waals surface area contributed by atoms with Gasteiger partial charge in [-0.25, -0.2) is 0 Å². The van der Waals surface area contributed by atoms with Gasteiger partial charge in [-0.05, 0) is 24.0 Å². The number of hydrogen-bond donors (Lipinski definition) is 1. The van der Waals surface area contributed by atoms with Crippen LogP contribution in [0.25, 0.3) is 0 Å². The minimum atomic E-state index is 0. The van der Waals surface area contributed by atoms with Crippen molar-refractivity contribution < 1.29 is 4.74 Å². The average molecular weight is 570 g/mol. The second kappa shape index (κ2) is 15.2. The fourth-order valence-corrected chi connectivity index (χ4v) is 3.87. The minimum Gasteiger partial charge on any atom is -0.379 e. The van der Waals surface area contributed by atoms with E-state index in [0.717, 1.165) is 90.1 Å². The summed E-state index contributed by atoms with van der Waals surface area (Å²) in [6, 6.07) is 8.87. The van der Waals surface area contributed by atoms with E-state index < -0.39 is 0 Å². The molecule has 0 spiro atoms. The molecule has 2 aromatic rings. The maximum absolute atomic E-state index is 5.44. The van der Waals surface area contributed by atoms with Crippen LogP contribution in [0.2, 0.25) is 0 Å². The van der Waals surface area contributed by atoms with Gasteiger partial charge in [0.05, 0.1) is 13.2 Å². The zero-order chi connectivity index (χ0) is 22.6. The molecule has 8 nitrogen and oxygen atoms in total. The first-order valence-corrected chi connectivity index (χ1v) is 11.9. The molecule has 1 aromatic carbocycles. The Morgan fingerprint density at radius 1 is 1.09 bits per heavy atom. The van der Waals surface area contributed by atoms with E-state index in [1.54, 1.807) is 6.33 Å². The number of morpholine rings is 1. The standard InChI is InChI=1S/C24H39N7O.HI/c1-4-21-7-9-22(10-8-21)19-29(3)24(25-11-6-13-30-15-17-32-18-16-30)26-12-14-31-20-27-28-23(31)5-2;/h7-10,20H,4-6,11-19H2,1-3H3,(H,25,26);1H. The average Bonchev–Trinajstić information content (AvgIpc) is 3.29. The fourth-order valence-electron chi connectivity index (χ4n) is 3.87. The maximum atomic E-state index is 5.44. The lowest BCUT2D eigenvalue weighted by Crippen LogP contribution is -2.40. The second-order valence-electron chi connectivity index (χ2n) is 8.26. The van der Waals surface area contributed by atoms with Gasteiger partial charge in [-0.2, -0.15) is 0 Å². The molecule has 184 valence electrons. The largest absolute Gasteiger partial charge is 0.379 e. The number of aryl methyl sites for hydroxylation is 2. The molecule has 0 bridgehead atoms. The van der Waals surface area contributed by atoms with E-state index in [0.29, 0.717) is 0 Å². The smallest absolute Gasteiger partial charge is 0.194 e. The molecule has 0 aliphatic carbocycles. The van der Waals surface area contributed by atoms with Crippen LogP contribution in [0, 0.1) is 0 Å². The van der Waals surface area contributed by atoms with Crippen LogP contribution in [0.4, 0.5) is 0 Å². The first-order valence-electron chi connectivity index (χ1n) is 11.9. The Bertz CT molecular complexity index is 818. The van der Waals surface area contributed by atoms with Gasteiger partial charge in [0.1, 0.15) is 12.2 Å². The lowest BCUT2D eigenvalue weighted by atomic mass is 10.1. The van der Waals surface area contributed by atoms with Crippen molar-refractivity contribution in [1.82, 2.24) is 29.9 Å². The third kappa shape index (κ3) is 9.21.